The second-order valence-electron chi connectivity index (χ2n) is 6.78. The molecule has 0 saturated heterocycles. The fraction of sp³-hybridized carbons (Fsp3) is 0.706. The average molecular weight is 465 g/mol. The smallest absolute Gasteiger partial charge is 0.328 e. The molecule has 0 fully saturated rings. The molecule has 4 amide bonds. The highest BCUT2D eigenvalue weighted by molar-refractivity contribution is 7.80. The number of unbranched alkanes of at least 4 members (excludes halogenated alkanes) is 1. The maximum atomic E-state index is 12.7. The number of amides is 4. The van der Waals surface area contributed by atoms with E-state index in [1.165, 1.54) is 0 Å². The Morgan fingerprint density at radius 2 is 1.39 bits per heavy atom. The summed E-state index contributed by atoms with van der Waals surface area (Å²) in [6, 6.07) is -4.94. The summed E-state index contributed by atoms with van der Waals surface area (Å²) in [5.74, 6) is -4.44. The lowest BCUT2D eigenvalue weighted by Gasteiger charge is -2.24. The summed E-state index contributed by atoms with van der Waals surface area (Å²) in [7, 11) is 0. The minimum atomic E-state index is -1.56. The van der Waals surface area contributed by atoms with Gasteiger partial charge in [0.15, 0.2) is 0 Å². The Hall–Kier alpha value is -2.42. The van der Waals surface area contributed by atoms with Gasteiger partial charge in [-0.15, -0.1) is 0 Å². The minimum Gasteiger partial charge on any atom is -0.480 e. The summed E-state index contributed by atoms with van der Waals surface area (Å²) >= 11 is 3.91. The minimum absolute atomic E-state index is 0.0118. The lowest BCUT2D eigenvalue weighted by atomic mass is 10.1. The second-order valence-corrected chi connectivity index (χ2v) is 7.15. The molecule has 4 unspecified atom stereocenters. The Balaban J connectivity index is 5.41. The van der Waals surface area contributed by atoms with Crippen molar-refractivity contribution in [1.82, 2.24) is 16.0 Å². The lowest BCUT2D eigenvalue weighted by molar-refractivity contribution is -0.143. The fourth-order valence-electron chi connectivity index (χ4n) is 2.41. The van der Waals surface area contributed by atoms with Crippen LogP contribution in [0.2, 0.25) is 0 Å². The van der Waals surface area contributed by atoms with Gasteiger partial charge in [0, 0.05) is 12.2 Å². The van der Waals surface area contributed by atoms with Crippen molar-refractivity contribution < 1.29 is 34.2 Å². The van der Waals surface area contributed by atoms with Gasteiger partial charge in [0.1, 0.15) is 18.1 Å². The van der Waals surface area contributed by atoms with Crippen molar-refractivity contribution in [3.05, 3.63) is 0 Å². The van der Waals surface area contributed by atoms with E-state index in [1.807, 2.05) is 0 Å². The Morgan fingerprint density at radius 3 is 1.84 bits per heavy atom. The van der Waals surface area contributed by atoms with Crippen molar-refractivity contribution >= 4 is 42.2 Å². The quantitative estimate of drug-likeness (QED) is 0.0801. The van der Waals surface area contributed by atoms with Crippen LogP contribution in [0.25, 0.3) is 0 Å². The summed E-state index contributed by atoms with van der Waals surface area (Å²) in [6.07, 6.45) is 0.746. The van der Waals surface area contributed by atoms with E-state index in [0.717, 1.165) is 0 Å². The number of nitrogens with two attached hydrogens (primary N) is 3. The molecule has 0 saturated carbocycles. The Bertz CT molecular complexity index is 636. The SMILES string of the molecule is NCCCCC(NC(=O)C(CCC(N)=O)NC(=O)C(N)CS)C(=O)NC(CO)C(=O)O. The third-order valence-corrected chi connectivity index (χ3v) is 4.62. The zero-order valence-electron chi connectivity index (χ0n) is 17.1. The standard InChI is InChI=1S/C17H32N6O7S/c18-6-2-1-3-10(15(27)23-12(7-24)17(29)30)22-16(28)11(4-5-13(20)25)21-14(26)9(19)8-31/h9-12,24,31H,1-8,18-19H2,(H2,20,25)(H,21,26)(H,22,28)(H,23,27)(H,29,30). The maximum Gasteiger partial charge on any atom is 0.328 e. The van der Waals surface area contributed by atoms with E-state index in [2.05, 4.69) is 28.6 Å². The van der Waals surface area contributed by atoms with Gasteiger partial charge in [-0.05, 0) is 32.2 Å². The zero-order chi connectivity index (χ0) is 24.0. The number of aliphatic hydroxyl groups is 1. The van der Waals surface area contributed by atoms with Gasteiger partial charge in [0.25, 0.3) is 0 Å². The first kappa shape index (κ1) is 28.6. The van der Waals surface area contributed by atoms with Crippen LogP contribution in [-0.4, -0.2) is 82.9 Å². The van der Waals surface area contributed by atoms with Crippen LogP contribution in [0, 0.1) is 0 Å². The summed E-state index contributed by atoms with van der Waals surface area (Å²) in [5.41, 5.74) is 16.1. The highest BCUT2D eigenvalue weighted by atomic mass is 32.1. The number of hydrogen-bond acceptors (Lipinski definition) is 9. The molecule has 11 N–H and O–H groups in total. The molecular weight excluding hydrogens is 432 g/mol. The van der Waals surface area contributed by atoms with Crippen molar-refractivity contribution in [3.63, 3.8) is 0 Å². The van der Waals surface area contributed by atoms with Crippen LogP contribution in [0.1, 0.15) is 32.1 Å². The van der Waals surface area contributed by atoms with Crippen LogP contribution in [0.5, 0.6) is 0 Å². The van der Waals surface area contributed by atoms with Crippen LogP contribution >= 0.6 is 12.6 Å². The normalized spacial score (nSPS) is 14.6. The van der Waals surface area contributed by atoms with Crippen molar-refractivity contribution in [1.29, 1.82) is 0 Å². The Kier molecular flexibility index (Phi) is 14.2. The summed E-state index contributed by atoms with van der Waals surface area (Å²) < 4.78 is 0. The van der Waals surface area contributed by atoms with E-state index in [4.69, 9.17) is 27.4 Å². The van der Waals surface area contributed by atoms with Gasteiger partial charge in [0.2, 0.25) is 23.6 Å². The van der Waals surface area contributed by atoms with E-state index >= 15 is 0 Å². The number of aliphatic hydroxyl groups excluding tert-OH is 1. The molecular formula is C17H32N6O7S. The number of primary amides is 1. The first-order valence-corrected chi connectivity index (χ1v) is 10.3. The van der Waals surface area contributed by atoms with Gasteiger partial charge in [0.05, 0.1) is 12.6 Å². The van der Waals surface area contributed by atoms with Crippen molar-refractivity contribution in [2.24, 2.45) is 17.2 Å². The Morgan fingerprint density at radius 1 is 0.871 bits per heavy atom. The predicted octanol–water partition coefficient (Wildman–Crippen LogP) is -3.83. The maximum absolute atomic E-state index is 12.7. The molecule has 0 aromatic heterocycles. The molecule has 0 bridgehead atoms. The molecule has 0 heterocycles. The summed E-state index contributed by atoms with van der Waals surface area (Å²) in [6.45, 7) is -0.501. The van der Waals surface area contributed by atoms with Gasteiger partial charge in [-0.25, -0.2) is 4.79 Å². The molecule has 0 aromatic rings. The number of nitrogens with one attached hydrogen (secondary N) is 3. The molecule has 14 heteroatoms. The van der Waals surface area contributed by atoms with Crippen LogP contribution in [0.3, 0.4) is 0 Å². The van der Waals surface area contributed by atoms with Crippen molar-refractivity contribution in [2.45, 2.75) is 56.3 Å². The number of hydrogen-bond donors (Lipinski definition) is 9. The molecule has 178 valence electrons. The highest BCUT2D eigenvalue weighted by Crippen LogP contribution is 2.05. The van der Waals surface area contributed by atoms with E-state index < -0.39 is 60.4 Å². The molecule has 4 atom stereocenters. The monoisotopic (exact) mass is 464 g/mol. The largest absolute Gasteiger partial charge is 0.480 e. The van der Waals surface area contributed by atoms with Gasteiger partial charge in [-0.2, -0.15) is 12.6 Å². The van der Waals surface area contributed by atoms with E-state index in [0.29, 0.717) is 19.4 Å². The van der Waals surface area contributed by atoms with Crippen LogP contribution < -0.4 is 33.2 Å². The lowest BCUT2D eigenvalue weighted by Crippen LogP contribution is -2.57. The van der Waals surface area contributed by atoms with Gasteiger partial charge in [-0.3, -0.25) is 19.2 Å². The van der Waals surface area contributed by atoms with E-state index in [9.17, 15) is 24.0 Å². The molecule has 0 aliphatic rings. The Labute approximate surface area is 185 Å². The molecule has 13 nitrogen and oxygen atoms in total. The second kappa shape index (κ2) is 15.4. The van der Waals surface area contributed by atoms with Crippen molar-refractivity contribution in [2.75, 3.05) is 18.9 Å². The summed E-state index contributed by atoms with van der Waals surface area (Å²) in [5, 5.41) is 25.0. The number of carbonyl (C=O) groups is 5. The molecule has 0 aliphatic heterocycles. The molecule has 0 aromatic carbocycles. The number of rotatable bonds is 16. The van der Waals surface area contributed by atoms with Crippen LogP contribution in [0.4, 0.5) is 0 Å². The number of thiol groups is 1. The first-order valence-electron chi connectivity index (χ1n) is 9.66. The molecule has 0 spiro atoms. The van der Waals surface area contributed by atoms with Gasteiger partial charge in [-0.1, -0.05) is 0 Å². The zero-order valence-corrected chi connectivity index (χ0v) is 18.0. The van der Waals surface area contributed by atoms with Crippen LogP contribution in [-0.2, 0) is 24.0 Å². The van der Waals surface area contributed by atoms with Crippen molar-refractivity contribution in [3.8, 4) is 0 Å². The first-order chi connectivity index (χ1) is 14.6. The molecule has 0 rings (SSSR count). The number of aliphatic carboxylic acids is 1. The fourth-order valence-corrected chi connectivity index (χ4v) is 2.57. The third kappa shape index (κ3) is 11.5. The van der Waals surface area contributed by atoms with Gasteiger partial charge < -0.3 is 43.4 Å². The number of carboxylic acids is 1. The third-order valence-electron chi connectivity index (χ3n) is 4.22. The average Bonchev–Trinajstić information content (AvgIpc) is 2.72. The predicted molar refractivity (Wildman–Crippen MR) is 114 cm³/mol. The van der Waals surface area contributed by atoms with Crippen LogP contribution in [0.15, 0.2) is 0 Å². The van der Waals surface area contributed by atoms with E-state index in [-0.39, 0.29) is 25.0 Å². The molecule has 0 radical (unpaired) electrons. The number of carboxylic acid groups (broad SMARTS) is 1. The molecule has 31 heavy (non-hydrogen) atoms. The summed E-state index contributed by atoms with van der Waals surface area (Å²) in [4.78, 5) is 59.4. The number of carbonyl (C=O) groups excluding carboxylic acids is 4. The topological polar surface area (TPSA) is 240 Å². The van der Waals surface area contributed by atoms with E-state index in [1.54, 1.807) is 0 Å². The highest BCUT2D eigenvalue weighted by Gasteiger charge is 2.30. The molecule has 0 aliphatic carbocycles. The van der Waals surface area contributed by atoms with Gasteiger partial charge >= 0.3 is 5.97 Å².